The summed E-state index contributed by atoms with van der Waals surface area (Å²) in [6.07, 6.45) is 41.9. The van der Waals surface area contributed by atoms with Gasteiger partial charge in [0.1, 0.15) is 0 Å². The molecule has 0 aliphatic heterocycles. The molecule has 0 saturated heterocycles. The molecule has 0 aromatic heterocycles. The second-order valence-electron chi connectivity index (χ2n) is 18.0. The number of rotatable bonds is 7. The Morgan fingerprint density at radius 2 is 1.03 bits per heavy atom. The Kier molecular flexibility index (Phi) is 9.41. The van der Waals surface area contributed by atoms with Crippen molar-refractivity contribution in [1.29, 1.82) is 0 Å². The van der Waals surface area contributed by atoms with Gasteiger partial charge in [0.25, 0.3) is 0 Å². The maximum Gasteiger partial charge on any atom is 0.0676 e. The lowest BCUT2D eigenvalue weighted by Crippen LogP contribution is -2.30. The highest BCUT2D eigenvalue weighted by Crippen LogP contribution is 2.58. The Morgan fingerprint density at radius 3 is 1.67 bits per heavy atom. The Hall–Kier alpha value is -7.02. The second kappa shape index (κ2) is 15.7. The highest BCUT2D eigenvalue weighted by Gasteiger charge is 2.47. The Bertz CT molecular complexity index is 3110. The molecule has 0 amide bonds. The zero-order valence-corrected chi connectivity index (χ0v) is 35.7. The standard InChI is InChI=1S/C63H50/c1-3-17-44(18-4-1)45-34-31-43(32-35-45)33-36-46-39-42-58(51-22-8-7-21-50(46)51)62-56-27-11-9-25-54(56)61(55-26-10-12-28-57(55)62)47-37-40-49(41-38-47)63(48-19-5-2-6-20-48)59-29-15-13-23-52(59)53-24-14-16-30-60(53)63/h1-3,5-17,19-31,33-34,36-37,39-40,42,50-51H,4,18,32,35,38,41H2. The van der Waals surface area contributed by atoms with Crippen LogP contribution in [0.15, 0.2) is 246 Å². The molecule has 63 heavy (non-hydrogen) atoms. The van der Waals surface area contributed by atoms with Crippen molar-refractivity contribution < 1.29 is 0 Å². The van der Waals surface area contributed by atoms with Crippen LogP contribution < -0.4 is 0 Å². The van der Waals surface area contributed by atoms with E-state index in [-0.39, 0.29) is 17.3 Å². The zero-order chi connectivity index (χ0) is 41.7. The molecule has 6 aliphatic rings. The van der Waals surface area contributed by atoms with Gasteiger partial charge in [-0.05, 0) is 132 Å². The summed E-state index contributed by atoms with van der Waals surface area (Å²) >= 11 is 0. The topological polar surface area (TPSA) is 0 Å². The molecule has 12 rings (SSSR count). The van der Waals surface area contributed by atoms with Gasteiger partial charge in [0.2, 0.25) is 0 Å². The Balaban J connectivity index is 0.963. The van der Waals surface area contributed by atoms with Crippen molar-refractivity contribution in [1.82, 2.24) is 0 Å². The molecule has 2 unspecified atom stereocenters. The van der Waals surface area contributed by atoms with Gasteiger partial charge in [0.05, 0.1) is 5.41 Å². The first-order valence-electron chi connectivity index (χ1n) is 23.1. The minimum atomic E-state index is -0.337. The smallest absolute Gasteiger partial charge is 0.0676 e. The van der Waals surface area contributed by atoms with Gasteiger partial charge in [0, 0.05) is 11.8 Å². The van der Waals surface area contributed by atoms with Gasteiger partial charge in [-0.25, -0.2) is 0 Å². The summed E-state index contributed by atoms with van der Waals surface area (Å²) in [4.78, 5) is 0. The van der Waals surface area contributed by atoms with Gasteiger partial charge < -0.3 is 0 Å². The average Bonchev–Trinajstić information content (AvgIpc) is 3.67. The maximum atomic E-state index is 2.49. The quantitative estimate of drug-likeness (QED) is 0.141. The van der Waals surface area contributed by atoms with Crippen LogP contribution in [-0.2, 0) is 5.41 Å². The van der Waals surface area contributed by atoms with Gasteiger partial charge in [-0.15, -0.1) is 0 Å². The van der Waals surface area contributed by atoms with Crippen molar-refractivity contribution >= 4 is 32.7 Å². The molecule has 0 bridgehead atoms. The van der Waals surface area contributed by atoms with Crippen LogP contribution in [0.2, 0.25) is 0 Å². The monoisotopic (exact) mass is 806 g/mol. The van der Waals surface area contributed by atoms with Crippen LogP contribution in [0.3, 0.4) is 0 Å². The van der Waals surface area contributed by atoms with E-state index in [4.69, 9.17) is 0 Å². The van der Waals surface area contributed by atoms with E-state index in [0.717, 1.165) is 38.5 Å². The van der Waals surface area contributed by atoms with Gasteiger partial charge in [-0.2, -0.15) is 0 Å². The number of fused-ring (bicyclic) bond motifs is 6. The first-order valence-corrected chi connectivity index (χ1v) is 23.1. The third-order valence-corrected chi connectivity index (χ3v) is 14.8. The van der Waals surface area contributed by atoms with Crippen molar-refractivity contribution in [2.75, 3.05) is 0 Å². The summed E-state index contributed by atoms with van der Waals surface area (Å²) in [6, 6.07) is 47.8. The predicted octanol–water partition coefficient (Wildman–Crippen LogP) is 16.3. The highest BCUT2D eigenvalue weighted by molar-refractivity contribution is 6.16. The van der Waals surface area contributed by atoms with Crippen LogP contribution in [0.4, 0.5) is 0 Å². The van der Waals surface area contributed by atoms with Crippen molar-refractivity contribution in [2.24, 2.45) is 11.8 Å². The molecule has 0 heteroatoms. The largest absolute Gasteiger partial charge is 0.0842 e. The van der Waals surface area contributed by atoms with E-state index in [2.05, 4.69) is 219 Å². The van der Waals surface area contributed by atoms with Crippen molar-refractivity contribution in [3.05, 3.63) is 274 Å². The Morgan fingerprint density at radius 1 is 0.429 bits per heavy atom. The molecule has 0 N–H and O–H groups in total. The van der Waals surface area contributed by atoms with E-state index >= 15 is 0 Å². The normalized spacial score (nSPS) is 20.9. The minimum absolute atomic E-state index is 0.251. The lowest BCUT2D eigenvalue weighted by molar-refractivity contribution is 0.653. The SMILES string of the molecule is C1=CCCC(C2=CC=C(C=CC3=CC=C(c4c5ccccc5c(C5=CC=C(C6(c7ccccc7)c7ccccc7-c7ccccc76)CC5)c5ccccc45)C4C=CC=CC34)CC2)=C1. The van der Waals surface area contributed by atoms with Crippen LogP contribution in [0.5, 0.6) is 0 Å². The summed E-state index contributed by atoms with van der Waals surface area (Å²) < 4.78 is 0. The molecule has 0 saturated carbocycles. The molecule has 6 aromatic carbocycles. The number of hydrogen-bond acceptors (Lipinski definition) is 0. The molecule has 0 fully saturated rings. The maximum absolute atomic E-state index is 2.49. The van der Waals surface area contributed by atoms with Crippen LogP contribution in [0, 0.1) is 11.8 Å². The summed E-state index contributed by atoms with van der Waals surface area (Å²) in [5, 5.41) is 5.34. The van der Waals surface area contributed by atoms with E-state index < -0.39 is 0 Å². The number of allylic oxidation sites excluding steroid dienone is 22. The number of hydrogen-bond donors (Lipinski definition) is 0. The molecule has 6 aliphatic carbocycles. The number of benzene rings is 6. The third-order valence-electron chi connectivity index (χ3n) is 14.8. The predicted molar refractivity (Wildman–Crippen MR) is 267 cm³/mol. The summed E-state index contributed by atoms with van der Waals surface area (Å²) in [7, 11) is 0. The van der Waals surface area contributed by atoms with Gasteiger partial charge in [0.15, 0.2) is 0 Å². The fourth-order valence-corrected chi connectivity index (χ4v) is 11.9. The minimum Gasteiger partial charge on any atom is -0.0842 e. The van der Waals surface area contributed by atoms with E-state index in [0.29, 0.717) is 0 Å². The van der Waals surface area contributed by atoms with E-state index in [1.54, 1.807) is 0 Å². The van der Waals surface area contributed by atoms with Crippen LogP contribution >= 0.6 is 0 Å². The lowest BCUT2D eigenvalue weighted by atomic mass is 9.64. The van der Waals surface area contributed by atoms with Gasteiger partial charge in [-0.1, -0.05) is 224 Å². The van der Waals surface area contributed by atoms with E-state index in [1.165, 1.54) is 99.5 Å². The summed E-state index contributed by atoms with van der Waals surface area (Å²) in [5.41, 5.74) is 19.3. The van der Waals surface area contributed by atoms with Crippen molar-refractivity contribution in [2.45, 2.75) is 43.9 Å². The van der Waals surface area contributed by atoms with Crippen molar-refractivity contribution in [3.63, 3.8) is 0 Å². The molecule has 0 radical (unpaired) electrons. The zero-order valence-electron chi connectivity index (χ0n) is 35.7. The molecule has 302 valence electrons. The lowest BCUT2D eigenvalue weighted by Gasteiger charge is -2.37. The highest BCUT2D eigenvalue weighted by atomic mass is 14.5. The van der Waals surface area contributed by atoms with Gasteiger partial charge in [-0.3, -0.25) is 0 Å². The molecule has 6 aromatic rings. The molecule has 2 atom stereocenters. The fraction of sp³-hybridized carbons (Fsp3) is 0.143. The average molecular weight is 807 g/mol. The fourth-order valence-electron chi connectivity index (χ4n) is 11.9. The molecular weight excluding hydrogens is 757 g/mol. The third kappa shape index (κ3) is 6.18. The van der Waals surface area contributed by atoms with Gasteiger partial charge >= 0.3 is 0 Å². The van der Waals surface area contributed by atoms with Crippen LogP contribution in [0.1, 0.15) is 66.3 Å². The second-order valence-corrected chi connectivity index (χ2v) is 18.0. The molecule has 0 heterocycles. The van der Waals surface area contributed by atoms with Crippen molar-refractivity contribution in [3.8, 4) is 11.1 Å². The molecule has 0 spiro atoms. The first kappa shape index (κ1) is 37.7. The van der Waals surface area contributed by atoms with E-state index in [9.17, 15) is 0 Å². The van der Waals surface area contributed by atoms with Crippen LogP contribution in [0.25, 0.3) is 43.8 Å². The van der Waals surface area contributed by atoms with E-state index in [1.807, 2.05) is 0 Å². The molecule has 0 nitrogen and oxygen atoms in total. The van der Waals surface area contributed by atoms with Crippen LogP contribution in [-0.4, -0.2) is 0 Å². The Labute approximate surface area is 372 Å². The summed E-state index contributed by atoms with van der Waals surface area (Å²) in [6.45, 7) is 0. The summed E-state index contributed by atoms with van der Waals surface area (Å²) in [5.74, 6) is 0.534. The molecular formula is C63H50. The first-order chi connectivity index (χ1) is 31.3.